The van der Waals surface area contributed by atoms with Crippen LogP contribution in [0.4, 0.5) is 0 Å². The standard InChI is InChI=1S/C18H18ClN5O/c19-16-11-14(4-5-20-16)18(25)23-9-7-22(8-10-23)12-15-13-24-6-2-1-3-17(24)21-15/h1-6,11,13H,7-10,12H2. The predicted molar refractivity (Wildman–Crippen MR) is 95.6 cm³/mol. The van der Waals surface area contributed by atoms with Crippen LogP contribution in [-0.2, 0) is 6.54 Å². The number of nitrogens with zero attached hydrogens (tertiary/aromatic N) is 5. The second kappa shape index (κ2) is 6.82. The second-order valence-corrected chi connectivity index (χ2v) is 6.52. The fraction of sp³-hybridized carbons (Fsp3) is 0.278. The van der Waals surface area contributed by atoms with Crippen LogP contribution in [0, 0.1) is 0 Å². The zero-order valence-corrected chi connectivity index (χ0v) is 14.4. The van der Waals surface area contributed by atoms with Gasteiger partial charge < -0.3 is 9.30 Å². The number of aromatic nitrogens is 3. The average molecular weight is 356 g/mol. The van der Waals surface area contributed by atoms with Gasteiger partial charge in [-0.2, -0.15) is 0 Å². The highest BCUT2D eigenvalue weighted by atomic mass is 35.5. The number of imidazole rings is 1. The Balaban J connectivity index is 1.37. The van der Waals surface area contributed by atoms with Crippen molar-refractivity contribution in [3.8, 4) is 0 Å². The largest absolute Gasteiger partial charge is 0.336 e. The van der Waals surface area contributed by atoms with Crippen LogP contribution in [0.3, 0.4) is 0 Å². The summed E-state index contributed by atoms with van der Waals surface area (Å²) in [7, 11) is 0. The molecule has 128 valence electrons. The maximum absolute atomic E-state index is 12.5. The Hall–Kier alpha value is -2.44. The van der Waals surface area contributed by atoms with Crippen molar-refractivity contribution < 1.29 is 4.79 Å². The lowest BCUT2D eigenvalue weighted by atomic mass is 10.2. The molecule has 1 aliphatic rings. The first kappa shape index (κ1) is 16.1. The van der Waals surface area contributed by atoms with E-state index in [-0.39, 0.29) is 5.91 Å². The predicted octanol–water partition coefficient (Wildman–Crippen LogP) is 2.34. The van der Waals surface area contributed by atoms with Crippen molar-refractivity contribution in [2.24, 2.45) is 0 Å². The van der Waals surface area contributed by atoms with Gasteiger partial charge in [-0.3, -0.25) is 9.69 Å². The fourth-order valence-corrected chi connectivity index (χ4v) is 3.29. The molecular formula is C18H18ClN5O. The van der Waals surface area contributed by atoms with Crippen LogP contribution < -0.4 is 0 Å². The molecule has 7 heteroatoms. The molecule has 0 atom stereocenters. The normalized spacial score (nSPS) is 15.6. The number of hydrogen-bond donors (Lipinski definition) is 0. The number of rotatable bonds is 3. The van der Waals surface area contributed by atoms with Gasteiger partial charge in [0.2, 0.25) is 0 Å². The van der Waals surface area contributed by atoms with E-state index in [4.69, 9.17) is 11.6 Å². The number of amides is 1. The van der Waals surface area contributed by atoms with Crippen LogP contribution in [0.25, 0.3) is 5.65 Å². The Labute approximate surface area is 150 Å². The molecule has 1 amide bonds. The van der Waals surface area contributed by atoms with Crippen molar-refractivity contribution in [1.82, 2.24) is 24.2 Å². The molecule has 0 aromatic carbocycles. The Morgan fingerprint density at radius 1 is 1.16 bits per heavy atom. The maximum Gasteiger partial charge on any atom is 0.254 e. The molecule has 4 heterocycles. The number of fused-ring (bicyclic) bond motifs is 1. The van der Waals surface area contributed by atoms with Crippen molar-refractivity contribution in [1.29, 1.82) is 0 Å². The Bertz CT molecular complexity index is 868. The lowest BCUT2D eigenvalue weighted by Crippen LogP contribution is -2.48. The molecule has 0 bridgehead atoms. The molecule has 0 unspecified atom stereocenters. The van der Waals surface area contributed by atoms with E-state index in [0.29, 0.717) is 23.8 Å². The van der Waals surface area contributed by atoms with Gasteiger partial charge in [0.05, 0.1) is 5.69 Å². The number of hydrogen-bond acceptors (Lipinski definition) is 4. The number of carbonyl (C=O) groups is 1. The van der Waals surface area contributed by atoms with Crippen LogP contribution in [0.5, 0.6) is 0 Å². The summed E-state index contributed by atoms with van der Waals surface area (Å²) in [4.78, 5) is 25.3. The zero-order chi connectivity index (χ0) is 17.2. The first-order valence-corrected chi connectivity index (χ1v) is 8.63. The van der Waals surface area contributed by atoms with Gasteiger partial charge in [-0.15, -0.1) is 0 Å². The van der Waals surface area contributed by atoms with Crippen LogP contribution in [-0.4, -0.2) is 56.3 Å². The minimum atomic E-state index is 0.0108. The molecule has 3 aromatic rings. The molecule has 0 N–H and O–H groups in total. The molecule has 6 nitrogen and oxygen atoms in total. The van der Waals surface area contributed by atoms with Crippen molar-refractivity contribution in [3.05, 3.63) is 65.3 Å². The third-order valence-electron chi connectivity index (χ3n) is 4.43. The van der Waals surface area contributed by atoms with E-state index < -0.39 is 0 Å². The molecule has 0 radical (unpaired) electrons. The molecule has 1 fully saturated rings. The van der Waals surface area contributed by atoms with Gasteiger partial charge in [0.25, 0.3) is 5.91 Å². The van der Waals surface area contributed by atoms with Crippen molar-refractivity contribution >= 4 is 23.2 Å². The number of piperazine rings is 1. The van der Waals surface area contributed by atoms with E-state index in [2.05, 4.69) is 21.1 Å². The van der Waals surface area contributed by atoms with Gasteiger partial charge in [-0.1, -0.05) is 17.7 Å². The summed E-state index contributed by atoms with van der Waals surface area (Å²) in [5, 5.41) is 0.344. The molecule has 1 saturated heterocycles. The van der Waals surface area contributed by atoms with Crippen LogP contribution >= 0.6 is 11.6 Å². The van der Waals surface area contributed by atoms with E-state index >= 15 is 0 Å². The lowest BCUT2D eigenvalue weighted by Gasteiger charge is -2.34. The number of halogens is 1. The second-order valence-electron chi connectivity index (χ2n) is 6.13. The Morgan fingerprint density at radius 2 is 2.00 bits per heavy atom. The van der Waals surface area contributed by atoms with Crippen LogP contribution in [0.15, 0.2) is 48.9 Å². The van der Waals surface area contributed by atoms with Gasteiger partial charge in [0.15, 0.2) is 0 Å². The van der Waals surface area contributed by atoms with Gasteiger partial charge in [-0.25, -0.2) is 9.97 Å². The molecule has 3 aromatic heterocycles. The van der Waals surface area contributed by atoms with E-state index in [9.17, 15) is 4.79 Å². The molecule has 0 spiro atoms. The van der Waals surface area contributed by atoms with E-state index in [0.717, 1.165) is 31.0 Å². The van der Waals surface area contributed by atoms with Crippen molar-refractivity contribution in [2.45, 2.75) is 6.54 Å². The van der Waals surface area contributed by atoms with Gasteiger partial charge in [0, 0.05) is 56.9 Å². The molecule has 1 aliphatic heterocycles. The average Bonchev–Trinajstić information content (AvgIpc) is 3.04. The molecule has 0 saturated carbocycles. The van der Waals surface area contributed by atoms with E-state index in [1.807, 2.05) is 33.7 Å². The highest BCUT2D eigenvalue weighted by molar-refractivity contribution is 6.29. The molecular weight excluding hydrogens is 338 g/mol. The smallest absolute Gasteiger partial charge is 0.254 e. The molecule has 0 aliphatic carbocycles. The number of carbonyl (C=O) groups excluding carboxylic acids is 1. The monoisotopic (exact) mass is 355 g/mol. The fourth-order valence-electron chi connectivity index (χ4n) is 3.12. The first-order chi connectivity index (χ1) is 12.2. The summed E-state index contributed by atoms with van der Waals surface area (Å²) in [5.41, 5.74) is 2.60. The summed E-state index contributed by atoms with van der Waals surface area (Å²) in [6.07, 6.45) is 5.63. The number of pyridine rings is 2. The van der Waals surface area contributed by atoms with E-state index in [1.54, 1.807) is 18.3 Å². The molecule has 25 heavy (non-hydrogen) atoms. The van der Waals surface area contributed by atoms with Gasteiger partial charge in [0.1, 0.15) is 10.8 Å². The quantitative estimate of drug-likeness (QED) is 0.677. The Morgan fingerprint density at radius 3 is 2.76 bits per heavy atom. The minimum absolute atomic E-state index is 0.0108. The van der Waals surface area contributed by atoms with Crippen LogP contribution in [0.1, 0.15) is 16.1 Å². The SMILES string of the molecule is O=C(c1ccnc(Cl)c1)N1CCN(Cc2cn3ccccc3n2)CC1. The minimum Gasteiger partial charge on any atom is -0.336 e. The maximum atomic E-state index is 12.5. The first-order valence-electron chi connectivity index (χ1n) is 8.25. The van der Waals surface area contributed by atoms with Gasteiger partial charge >= 0.3 is 0 Å². The highest BCUT2D eigenvalue weighted by Gasteiger charge is 2.22. The third-order valence-corrected chi connectivity index (χ3v) is 4.64. The summed E-state index contributed by atoms with van der Waals surface area (Å²) in [6, 6.07) is 9.31. The molecule has 4 rings (SSSR count). The summed E-state index contributed by atoms with van der Waals surface area (Å²) < 4.78 is 2.03. The summed E-state index contributed by atoms with van der Waals surface area (Å²) >= 11 is 5.88. The van der Waals surface area contributed by atoms with Gasteiger partial charge in [-0.05, 0) is 24.3 Å². The lowest BCUT2D eigenvalue weighted by molar-refractivity contribution is 0.0627. The third kappa shape index (κ3) is 3.50. The summed E-state index contributed by atoms with van der Waals surface area (Å²) in [6.45, 7) is 3.86. The highest BCUT2D eigenvalue weighted by Crippen LogP contribution is 2.14. The van der Waals surface area contributed by atoms with Crippen molar-refractivity contribution in [2.75, 3.05) is 26.2 Å². The topological polar surface area (TPSA) is 53.7 Å². The van der Waals surface area contributed by atoms with Crippen LogP contribution in [0.2, 0.25) is 5.15 Å². The Kier molecular flexibility index (Phi) is 4.38. The van der Waals surface area contributed by atoms with E-state index in [1.165, 1.54) is 0 Å². The zero-order valence-electron chi connectivity index (χ0n) is 13.7. The van der Waals surface area contributed by atoms with Crippen molar-refractivity contribution in [3.63, 3.8) is 0 Å². The summed E-state index contributed by atoms with van der Waals surface area (Å²) in [5.74, 6) is 0.0108.